The van der Waals surface area contributed by atoms with E-state index in [1.807, 2.05) is 6.07 Å². The molecule has 4 rings (SSSR count). The minimum atomic E-state index is 0.422. The zero-order chi connectivity index (χ0) is 24.1. The number of halogens is 2. The minimum Gasteiger partial charge on any atom is -0.507 e. The van der Waals surface area contributed by atoms with Crippen molar-refractivity contribution in [2.24, 2.45) is 11.8 Å². The van der Waals surface area contributed by atoms with Gasteiger partial charge in [-0.2, -0.15) is 0 Å². The molecule has 0 amide bonds. The Morgan fingerprint density at radius 2 is 1.76 bits per heavy atom. The van der Waals surface area contributed by atoms with Crippen molar-refractivity contribution < 1.29 is 5.11 Å². The molecule has 5 nitrogen and oxygen atoms in total. The predicted molar refractivity (Wildman–Crippen MR) is 157 cm³/mol. The predicted octanol–water partition coefficient (Wildman–Crippen LogP) is 6.53. The second-order valence-corrected chi connectivity index (χ2v) is 12.1. The van der Waals surface area contributed by atoms with Gasteiger partial charge in [0.15, 0.2) is 0 Å². The van der Waals surface area contributed by atoms with Crippen LogP contribution in [0.5, 0.6) is 5.75 Å². The SMILES string of the molecule is CN(C)c1nc(CCCC2CCC(CNCc3cc(I)cc(I)c3O)CC2)nc2ccccc12. The first kappa shape index (κ1) is 25.9. The number of rotatable bonds is 9. The normalized spacial score (nSPS) is 18.4. The van der Waals surface area contributed by atoms with Crippen LogP contribution in [-0.2, 0) is 13.0 Å². The Morgan fingerprint density at radius 1 is 1.03 bits per heavy atom. The summed E-state index contributed by atoms with van der Waals surface area (Å²) in [5.41, 5.74) is 2.04. The first-order valence-corrected chi connectivity index (χ1v) is 14.4. The summed E-state index contributed by atoms with van der Waals surface area (Å²) < 4.78 is 2.10. The standard InChI is InChI=1S/C27H34I2N4O/c1-33(2)27-22-7-3-4-8-24(22)31-25(32-27)9-5-6-18-10-12-19(13-11-18)16-30-17-20-14-21(28)15-23(29)26(20)34/h3-4,7-8,14-15,18-19,30,34H,5-6,9-13,16-17H2,1-2H3. The van der Waals surface area contributed by atoms with Gasteiger partial charge in [0, 0.05) is 41.6 Å². The maximum atomic E-state index is 10.3. The van der Waals surface area contributed by atoms with Crippen molar-refractivity contribution in [2.75, 3.05) is 25.5 Å². The molecule has 34 heavy (non-hydrogen) atoms. The molecule has 7 heteroatoms. The first-order valence-electron chi connectivity index (χ1n) is 12.2. The molecule has 0 spiro atoms. The van der Waals surface area contributed by atoms with E-state index in [-0.39, 0.29) is 0 Å². The van der Waals surface area contributed by atoms with Crippen molar-refractivity contribution in [1.82, 2.24) is 15.3 Å². The van der Waals surface area contributed by atoms with Gasteiger partial charge >= 0.3 is 0 Å². The summed E-state index contributed by atoms with van der Waals surface area (Å²) in [5.74, 6) is 3.97. The fourth-order valence-electron chi connectivity index (χ4n) is 5.00. The molecule has 1 aliphatic carbocycles. The largest absolute Gasteiger partial charge is 0.507 e. The van der Waals surface area contributed by atoms with Crippen LogP contribution < -0.4 is 10.2 Å². The Morgan fingerprint density at radius 3 is 2.53 bits per heavy atom. The number of aromatic hydroxyl groups is 1. The maximum Gasteiger partial charge on any atom is 0.139 e. The van der Waals surface area contributed by atoms with Crippen LogP contribution in [0.25, 0.3) is 10.9 Å². The highest BCUT2D eigenvalue weighted by Crippen LogP contribution is 2.32. The van der Waals surface area contributed by atoms with Crippen LogP contribution in [0.3, 0.4) is 0 Å². The molecule has 0 radical (unpaired) electrons. The number of para-hydroxylation sites is 1. The van der Waals surface area contributed by atoms with Gasteiger partial charge in [-0.05, 0) is 107 Å². The van der Waals surface area contributed by atoms with E-state index in [4.69, 9.17) is 9.97 Å². The summed E-state index contributed by atoms with van der Waals surface area (Å²) in [6, 6.07) is 12.4. The zero-order valence-electron chi connectivity index (χ0n) is 20.0. The molecule has 182 valence electrons. The van der Waals surface area contributed by atoms with Gasteiger partial charge in [0.1, 0.15) is 17.4 Å². The fraction of sp³-hybridized carbons (Fsp3) is 0.481. The maximum absolute atomic E-state index is 10.3. The third-order valence-electron chi connectivity index (χ3n) is 6.89. The van der Waals surface area contributed by atoms with Crippen LogP contribution in [0.4, 0.5) is 5.82 Å². The van der Waals surface area contributed by atoms with Crippen LogP contribution in [0.15, 0.2) is 36.4 Å². The Hall–Kier alpha value is -1.20. The molecule has 2 N–H and O–H groups in total. The molecule has 0 atom stereocenters. The van der Waals surface area contributed by atoms with Crippen molar-refractivity contribution >= 4 is 61.9 Å². The van der Waals surface area contributed by atoms with E-state index in [0.29, 0.717) is 5.75 Å². The highest BCUT2D eigenvalue weighted by Gasteiger charge is 2.21. The molecule has 0 bridgehead atoms. The molecule has 0 aliphatic heterocycles. The Bertz CT molecular complexity index is 1110. The van der Waals surface area contributed by atoms with Crippen molar-refractivity contribution in [2.45, 2.75) is 51.5 Å². The smallest absolute Gasteiger partial charge is 0.139 e. The van der Waals surface area contributed by atoms with Crippen LogP contribution in [0.1, 0.15) is 49.9 Å². The Kier molecular flexibility index (Phi) is 9.26. The monoisotopic (exact) mass is 684 g/mol. The third kappa shape index (κ3) is 6.72. The number of phenolic OH excluding ortho intramolecular Hbond substituents is 1. The Balaban J connectivity index is 1.20. The first-order chi connectivity index (χ1) is 16.4. The second-order valence-electron chi connectivity index (χ2n) is 9.68. The summed E-state index contributed by atoms with van der Waals surface area (Å²) >= 11 is 4.52. The van der Waals surface area contributed by atoms with E-state index in [0.717, 1.165) is 69.4 Å². The number of phenols is 1. The molecule has 1 saturated carbocycles. The van der Waals surface area contributed by atoms with Gasteiger partial charge < -0.3 is 15.3 Å². The molecule has 1 fully saturated rings. The summed E-state index contributed by atoms with van der Waals surface area (Å²) in [5, 5.41) is 15.0. The average molecular weight is 684 g/mol. The van der Waals surface area contributed by atoms with Gasteiger partial charge in [0.05, 0.1) is 9.09 Å². The highest BCUT2D eigenvalue weighted by atomic mass is 127. The number of hydrogen-bond donors (Lipinski definition) is 2. The molecule has 2 aromatic carbocycles. The molecule has 1 heterocycles. The van der Waals surface area contributed by atoms with E-state index in [1.165, 1.54) is 35.7 Å². The summed E-state index contributed by atoms with van der Waals surface area (Å²) in [6.45, 7) is 1.77. The lowest BCUT2D eigenvalue weighted by Crippen LogP contribution is -2.26. The molecular weight excluding hydrogens is 650 g/mol. The molecule has 1 aromatic heterocycles. The second kappa shape index (κ2) is 12.2. The minimum absolute atomic E-state index is 0.422. The van der Waals surface area contributed by atoms with E-state index < -0.39 is 0 Å². The number of hydrogen-bond acceptors (Lipinski definition) is 5. The van der Waals surface area contributed by atoms with E-state index in [9.17, 15) is 5.11 Å². The lowest BCUT2D eigenvalue weighted by Gasteiger charge is -2.28. The third-order valence-corrected chi connectivity index (χ3v) is 8.33. The van der Waals surface area contributed by atoms with Gasteiger partial charge in [-0.15, -0.1) is 0 Å². The van der Waals surface area contributed by atoms with Crippen LogP contribution in [0, 0.1) is 19.0 Å². The number of benzene rings is 2. The molecule has 0 unspecified atom stereocenters. The van der Waals surface area contributed by atoms with E-state index >= 15 is 0 Å². The number of aryl methyl sites for hydroxylation is 1. The van der Waals surface area contributed by atoms with Crippen LogP contribution in [0.2, 0.25) is 0 Å². The van der Waals surface area contributed by atoms with Crippen molar-refractivity contribution in [3.05, 3.63) is 54.9 Å². The van der Waals surface area contributed by atoms with Gasteiger partial charge in [0.2, 0.25) is 0 Å². The molecule has 3 aromatic rings. The lowest BCUT2D eigenvalue weighted by atomic mass is 9.80. The van der Waals surface area contributed by atoms with Gasteiger partial charge in [0.25, 0.3) is 0 Å². The van der Waals surface area contributed by atoms with Crippen molar-refractivity contribution in [1.29, 1.82) is 0 Å². The Labute approximate surface area is 230 Å². The summed E-state index contributed by atoms with van der Waals surface area (Å²) in [7, 11) is 4.10. The van der Waals surface area contributed by atoms with E-state index in [1.54, 1.807) is 0 Å². The van der Waals surface area contributed by atoms with Crippen molar-refractivity contribution in [3.8, 4) is 5.75 Å². The number of aromatic nitrogens is 2. The van der Waals surface area contributed by atoms with Gasteiger partial charge in [-0.3, -0.25) is 0 Å². The number of nitrogens with one attached hydrogen (secondary N) is 1. The average Bonchev–Trinajstić information content (AvgIpc) is 2.82. The highest BCUT2D eigenvalue weighted by molar-refractivity contribution is 14.1. The number of fused-ring (bicyclic) bond motifs is 1. The molecule has 0 saturated heterocycles. The quantitative estimate of drug-likeness (QED) is 0.251. The number of anilines is 1. The molecule has 1 aliphatic rings. The van der Waals surface area contributed by atoms with E-state index in [2.05, 4.69) is 99.8 Å². The lowest BCUT2D eigenvalue weighted by molar-refractivity contribution is 0.253. The van der Waals surface area contributed by atoms with Gasteiger partial charge in [-0.25, -0.2) is 9.97 Å². The van der Waals surface area contributed by atoms with Crippen LogP contribution in [-0.4, -0.2) is 35.7 Å². The fourth-order valence-corrected chi connectivity index (χ4v) is 6.96. The topological polar surface area (TPSA) is 61.3 Å². The van der Waals surface area contributed by atoms with Crippen LogP contribution >= 0.6 is 45.2 Å². The summed E-state index contributed by atoms with van der Waals surface area (Å²) in [6.07, 6.45) is 8.60. The summed E-state index contributed by atoms with van der Waals surface area (Å²) in [4.78, 5) is 11.8. The molecular formula is C27H34I2N4O. The zero-order valence-corrected chi connectivity index (χ0v) is 24.3. The van der Waals surface area contributed by atoms with Crippen molar-refractivity contribution in [3.63, 3.8) is 0 Å². The van der Waals surface area contributed by atoms with Gasteiger partial charge in [-0.1, -0.05) is 31.4 Å². The number of nitrogens with zero attached hydrogens (tertiary/aromatic N) is 3.